The monoisotopic (exact) mass is 337 g/mol. The molecule has 0 unspecified atom stereocenters. The van der Waals surface area contributed by atoms with E-state index < -0.39 is 16.0 Å². The van der Waals surface area contributed by atoms with E-state index in [2.05, 4.69) is 28.8 Å². The highest BCUT2D eigenvalue weighted by Gasteiger charge is 2.19. The van der Waals surface area contributed by atoms with Gasteiger partial charge in [0.1, 0.15) is 11.6 Å². The lowest BCUT2D eigenvalue weighted by Crippen LogP contribution is -2.16. The third kappa shape index (κ3) is 4.72. The minimum absolute atomic E-state index is 0.191. The first-order valence-corrected chi connectivity index (χ1v) is 10.2. The molecule has 0 aliphatic carbocycles. The third-order valence-electron chi connectivity index (χ3n) is 3.14. The Morgan fingerprint density at radius 1 is 1.22 bits per heavy atom. The average Bonchev–Trinajstić information content (AvgIpc) is 2.88. The molecule has 1 aromatic heterocycles. The fraction of sp³-hybridized carbons (Fsp3) is 0.438. The lowest BCUT2D eigenvalue weighted by atomic mass is 10.3. The maximum absolute atomic E-state index is 12.3. The Morgan fingerprint density at radius 3 is 2.43 bits per heavy atom. The number of nitrogens with zero attached hydrogens (tertiary/aromatic N) is 3. The van der Waals surface area contributed by atoms with Crippen LogP contribution in [0.25, 0.3) is 5.69 Å². The van der Waals surface area contributed by atoms with E-state index in [9.17, 15) is 4.79 Å². The predicted molar refractivity (Wildman–Crippen MR) is 93.2 cm³/mol. The van der Waals surface area contributed by atoms with Crippen molar-refractivity contribution < 1.29 is 14.3 Å². The zero-order valence-electron chi connectivity index (χ0n) is 14.2. The highest BCUT2D eigenvalue weighted by atomic mass is 32.3. The van der Waals surface area contributed by atoms with Gasteiger partial charge >= 0.3 is 5.97 Å². The average molecular weight is 337 g/mol. The Kier molecular flexibility index (Phi) is 5.30. The van der Waals surface area contributed by atoms with Crippen LogP contribution >= 0.6 is 10.0 Å². The quantitative estimate of drug-likeness (QED) is 0.758. The highest BCUT2D eigenvalue weighted by molar-refractivity contribution is 8.32. The van der Waals surface area contributed by atoms with Crippen molar-refractivity contribution in [2.45, 2.75) is 6.92 Å². The third-order valence-corrected chi connectivity index (χ3v) is 4.53. The van der Waals surface area contributed by atoms with Crippen LogP contribution in [0.4, 0.5) is 0 Å². The van der Waals surface area contributed by atoms with Gasteiger partial charge < -0.3 is 9.47 Å². The number of ether oxygens (including phenoxy) is 2. The molecule has 0 atom stereocenters. The van der Waals surface area contributed by atoms with Gasteiger partial charge in [-0.3, -0.25) is 0 Å². The van der Waals surface area contributed by atoms with Crippen molar-refractivity contribution in [1.82, 2.24) is 14.8 Å². The lowest BCUT2D eigenvalue weighted by molar-refractivity contribution is 0.0512. The van der Waals surface area contributed by atoms with Crippen LogP contribution in [0.5, 0.6) is 5.75 Å². The number of methoxy groups -OCH3 is 1. The number of rotatable bonds is 6. The largest absolute Gasteiger partial charge is 0.497 e. The molecule has 7 heteroatoms. The summed E-state index contributed by atoms with van der Waals surface area (Å²) >= 11 is 0. The van der Waals surface area contributed by atoms with Crippen molar-refractivity contribution >= 4 is 16.0 Å². The second-order valence-electron chi connectivity index (χ2n) is 6.02. The summed E-state index contributed by atoms with van der Waals surface area (Å²) in [6.45, 7) is 2.14. The summed E-state index contributed by atoms with van der Waals surface area (Å²) in [5.41, 5.74) is 0.736. The zero-order valence-corrected chi connectivity index (χ0v) is 15.0. The molecule has 0 bridgehead atoms. The van der Waals surface area contributed by atoms with Crippen LogP contribution < -0.4 is 4.74 Å². The van der Waals surface area contributed by atoms with Crippen LogP contribution in [-0.4, -0.2) is 59.0 Å². The molecule has 2 rings (SSSR count). The maximum Gasteiger partial charge on any atom is 0.376 e. The number of hydrogen-bond donors (Lipinski definition) is 0. The Labute approximate surface area is 138 Å². The number of carbonyl (C=O) groups excluding carboxylic acids is 1. The molecule has 0 N–H and O–H groups in total. The Balaban J connectivity index is 2.17. The zero-order chi connectivity index (χ0) is 17.0. The standard InChI is InChI=1S/C16H23N3O3S/c1-12-17-15(16(20)22-10-11-23(3,4)5)19(18-12)13-6-8-14(21-2)9-7-13/h6-9H,10-11H2,1-5H3. The number of aryl methyl sites for hydroxylation is 1. The van der Waals surface area contributed by atoms with E-state index in [1.165, 1.54) is 4.68 Å². The molecular weight excluding hydrogens is 314 g/mol. The molecule has 0 radical (unpaired) electrons. The molecule has 6 nitrogen and oxygen atoms in total. The molecule has 0 saturated carbocycles. The molecule has 23 heavy (non-hydrogen) atoms. The molecular formula is C16H23N3O3S. The van der Waals surface area contributed by atoms with Gasteiger partial charge in [-0.05, 0) is 50.0 Å². The van der Waals surface area contributed by atoms with Gasteiger partial charge in [0.15, 0.2) is 0 Å². The second-order valence-corrected chi connectivity index (χ2v) is 10.6. The van der Waals surface area contributed by atoms with Crippen molar-refractivity contribution in [3.63, 3.8) is 0 Å². The molecule has 1 heterocycles. The summed E-state index contributed by atoms with van der Waals surface area (Å²) in [5, 5.41) is 4.28. The van der Waals surface area contributed by atoms with Gasteiger partial charge in [0, 0.05) is 5.75 Å². The molecule has 126 valence electrons. The highest BCUT2D eigenvalue weighted by Crippen LogP contribution is 2.33. The Bertz CT molecular complexity index is 675. The molecule has 0 fully saturated rings. The minimum atomic E-state index is -0.701. The summed E-state index contributed by atoms with van der Waals surface area (Å²) < 4.78 is 12.0. The lowest BCUT2D eigenvalue weighted by Gasteiger charge is -2.24. The van der Waals surface area contributed by atoms with E-state index in [0.717, 1.165) is 17.2 Å². The number of hydrogen-bond acceptors (Lipinski definition) is 5. The van der Waals surface area contributed by atoms with Crippen LogP contribution in [0.3, 0.4) is 0 Å². The number of esters is 1. The van der Waals surface area contributed by atoms with Crippen LogP contribution in [0.2, 0.25) is 0 Å². The Hall–Kier alpha value is -2.02. The SMILES string of the molecule is COc1ccc(-n2nc(C)nc2C(=O)OCCS(C)(C)C)cc1. The normalized spacial score (nSPS) is 12.0. The maximum atomic E-state index is 12.3. The fourth-order valence-corrected chi connectivity index (χ4v) is 2.48. The first kappa shape index (κ1) is 17.3. The van der Waals surface area contributed by atoms with E-state index in [0.29, 0.717) is 12.4 Å². The molecule has 2 aromatic rings. The molecule has 0 aliphatic heterocycles. The molecule has 1 aromatic carbocycles. The van der Waals surface area contributed by atoms with E-state index in [-0.39, 0.29) is 5.82 Å². The minimum Gasteiger partial charge on any atom is -0.497 e. The van der Waals surface area contributed by atoms with Crippen molar-refractivity contribution in [2.75, 3.05) is 38.2 Å². The summed E-state index contributed by atoms with van der Waals surface area (Å²) in [7, 11) is 0.905. The summed E-state index contributed by atoms with van der Waals surface area (Å²) in [6.07, 6.45) is 6.56. The van der Waals surface area contributed by atoms with Gasteiger partial charge in [-0.15, -0.1) is 0 Å². The Morgan fingerprint density at radius 2 is 1.87 bits per heavy atom. The molecule has 0 amide bonds. The summed E-state index contributed by atoms with van der Waals surface area (Å²) in [6, 6.07) is 7.26. The van der Waals surface area contributed by atoms with Gasteiger partial charge in [0.25, 0.3) is 0 Å². The van der Waals surface area contributed by atoms with Gasteiger partial charge in [-0.1, -0.05) is 0 Å². The van der Waals surface area contributed by atoms with Crippen molar-refractivity contribution in [3.8, 4) is 11.4 Å². The number of aromatic nitrogens is 3. The smallest absolute Gasteiger partial charge is 0.376 e. The summed E-state index contributed by atoms with van der Waals surface area (Å²) in [5.74, 6) is 1.87. The van der Waals surface area contributed by atoms with Crippen LogP contribution in [0, 0.1) is 6.92 Å². The molecule has 0 aliphatic rings. The first-order chi connectivity index (χ1) is 10.8. The van der Waals surface area contributed by atoms with Crippen LogP contribution in [-0.2, 0) is 4.74 Å². The van der Waals surface area contributed by atoms with E-state index in [4.69, 9.17) is 9.47 Å². The second kappa shape index (κ2) is 7.04. The van der Waals surface area contributed by atoms with E-state index in [1.54, 1.807) is 14.0 Å². The van der Waals surface area contributed by atoms with Crippen molar-refractivity contribution in [2.24, 2.45) is 0 Å². The van der Waals surface area contributed by atoms with Gasteiger partial charge in [-0.2, -0.15) is 5.10 Å². The number of benzene rings is 1. The van der Waals surface area contributed by atoms with Crippen LogP contribution in [0.15, 0.2) is 24.3 Å². The first-order valence-electron chi connectivity index (χ1n) is 7.21. The number of carbonyl (C=O) groups is 1. The fourth-order valence-electron chi connectivity index (χ4n) is 1.90. The van der Waals surface area contributed by atoms with E-state index >= 15 is 0 Å². The topological polar surface area (TPSA) is 66.2 Å². The van der Waals surface area contributed by atoms with Gasteiger partial charge in [0.05, 0.1) is 19.4 Å². The van der Waals surface area contributed by atoms with Gasteiger partial charge in [-0.25, -0.2) is 24.5 Å². The van der Waals surface area contributed by atoms with Crippen molar-refractivity contribution in [1.29, 1.82) is 0 Å². The van der Waals surface area contributed by atoms with Gasteiger partial charge in [0.2, 0.25) is 5.82 Å². The van der Waals surface area contributed by atoms with Crippen LogP contribution in [0.1, 0.15) is 16.4 Å². The molecule has 0 spiro atoms. The van der Waals surface area contributed by atoms with E-state index in [1.807, 2.05) is 24.3 Å². The molecule has 0 saturated heterocycles. The van der Waals surface area contributed by atoms with Crippen molar-refractivity contribution in [3.05, 3.63) is 35.9 Å². The summed E-state index contributed by atoms with van der Waals surface area (Å²) in [4.78, 5) is 16.5. The predicted octanol–water partition coefficient (Wildman–Crippen LogP) is 2.44.